The normalized spacial score (nSPS) is 12.3. The summed E-state index contributed by atoms with van der Waals surface area (Å²) in [6, 6.07) is 13.0. The van der Waals surface area contributed by atoms with Crippen LogP contribution in [-0.2, 0) is 10.0 Å². The van der Waals surface area contributed by atoms with E-state index < -0.39 is 27.7 Å². The summed E-state index contributed by atoms with van der Waals surface area (Å²) in [7, 11) is -1.25. The molecule has 8 heteroatoms. The van der Waals surface area contributed by atoms with Crippen molar-refractivity contribution in [3.05, 3.63) is 83.4 Å². The molecule has 0 aliphatic heterocycles. The van der Waals surface area contributed by atoms with Gasteiger partial charge in [0.25, 0.3) is 10.0 Å². The first-order valence-corrected chi connectivity index (χ1v) is 10.9. The lowest BCUT2D eigenvalue weighted by Crippen LogP contribution is -2.34. The van der Waals surface area contributed by atoms with Crippen LogP contribution in [-0.4, -0.2) is 22.6 Å². The molecule has 0 aromatic heterocycles. The van der Waals surface area contributed by atoms with Crippen LogP contribution in [0.2, 0.25) is 0 Å². The van der Waals surface area contributed by atoms with E-state index in [1.54, 1.807) is 32.0 Å². The lowest BCUT2D eigenvalue weighted by atomic mass is 10.1. The first kappa shape index (κ1) is 22.6. The van der Waals surface area contributed by atoms with Crippen molar-refractivity contribution in [3.63, 3.8) is 0 Å². The molecule has 3 aromatic carbocycles. The number of benzene rings is 3. The van der Waals surface area contributed by atoms with Crippen molar-refractivity contribution >= 4 is 15.7 Å². The van der Waals surface area contributed by atoms with Crippen LogP contribution in [0.4, 0.5) is 14.5 Å². The van der Waals surface area contributed by atoms with Crippen molar-refractivity contribution in [1.82, 2.24) is 0 Å². The summed E-state index contributed by atoms with van der Waals surface area (Å²) in [4.78, 5) is -0.214. The van der Waals surface area contributed by atoms with Crippen molar-refractivity contribution in [3.8, 4) is 11.5 Å². The van der Waals surface area contributed by atoms with Crippen LogP contribution in [0.5, 0.6) is 11.5 Å². The number of hydrogen-bond acceptors (Lipinski definition) is 4. The Hall–Kier alpha value is -3.13. The van der Waals surface area contributed by atoms with E-state index in [-0.39, 0.29) is 10.6 Å². The largest absolute Gasteiger partial charge is 0.497 e. The van der Waals surface area contributed by atoms with Crippen LogP contribution in [0.1, 0.15) is 24.1 Å². The fraction of sp³-hybridized carbons (Fsp3) is 0.217. The van der Waals surface area contributed by atoms with Crippen molar-refractivity contribution in [2.24, 2.45) is 0 Å². The number of halogens is 2. The molecule has 0 bridgehead atoms. The molecule has 0 amide bonds. The number of rotatable bonds is 7. The van der Waals surface area contributed by atoms with E-state index in [0.717, 1.165) is 10.4 Å². The molecule has 0 saturated heterocycles. The smallest absolute Gasteiger partial charge is 0.264 e. The number of anilines is 1. The van der Waals surface area contributed by atoms with Gasteiger partial charge in [0, 0.05) is 5.56 Å². The second-order valence-corrected chi connectivity index (χ2v) is 8.79. The molecule has 0 fully saturated rings. The second-order valence-electron chi connectivity index (χ2n) is 6.97. The molecule has 31 heavy (non-hydrogen) atoms. The van der Waals surface area contributed by atoms with E-state index in [1.165, 1.54) is 50.6 Å². The standard InChI is InChI=1S/C23H23F2NO4S/c1-15-5-11-20(14-22(15)25)31(27,28)26(18-8-6-17(24)7-9-18)16(2)21-13-19(29-3)10-12-23(21)30-4/h5-14,16H,1-4H3/t16-/m0/s1. The minimum atomic E-state index is -4.22. The summed E-state index contributed by atoms with van der Waals surface area (Å²) in [6.07, 6.45) is 0. The zero-order valence-corrected chi connectivity index (χ0v) is 18.4. The molecule has 0 aliphatic rings. The first-order valence-electron chi connectivity index (χ1n) is 9.47. The van der Waals surface area contributed by atoms with Gasteiger partial charge in [-0.3, -0.25) is 4.31 Å². The highest BCUT2D eigenvalue weighted by atomic mass is 32.2. The highest BCUT2D eigenvalue weighted by Gasteiger charge is 2.32. The van der Waals surface area contributed by atoms with Crippen LogP contribution >= 0.6 is 0 Å². The molecule has 3 aromatic rings. The molecule has 1 atom stereocenters. The molecule has 0 unspecified atom stereocenters. The van der Waals surface area contributed by atoms with Gasteiger partial charge in [-0.2, -0.15) is 0 Å². The summed E-state index contributed by atoms with van der Waals surface area (Å²) in [5.41, 5.74) is 1.08. The Bertz CT molecular complexity index is 1180. The quantitative estimate of drug-likeness (QED) is 0.497. The Morgan fingerprint density at radius 2 is 1.58 bits per heavy atom. The maximum atomic E-state index is 14.2. The van der Waals surface area contributed by atoms with Gasteiger partial charge in [-0.15, -0.1) is 0 Å². The van der Waals surface area contributed by atoms with Crippen molar-refractivity contribution in [2.45, 2.75) is 24.8 Å². The summed E-state index contributed by atoms with van der Waals surface area (Å²) in [6.45, 7) is 3.22. The van der Waals surface area contributed by atoms with Crippen molar-refractivity contribution in [2.75, 3.05) is 18.5 Å². The SMILES string of the molecule is COc1ccc(OC)c([C@H](C)N(c2ccc(F)cc2)S(=O)(=O)c2ccc(C)c(F)c2)c1. The average Bonchev–Trinajstić information content (AvgIpc) is 2.76. The van der Waals surface area contributed by atoms with E-state index in [1.807, 2.05) is 0 Å². The Labute approximate surface area is 180 Å². The molecule has 0 N–H and O–H groups in total. The summed E-state index contributed by atoms with van der Waals surface area (Å²) >= 11 is 0. The van der Waals surface area contributed by atoms with Gasteiger partial charge < -0.3 is 9.47 Å². The second kappa shape index (κ2) is 8.93. The van der Waals surface area contributed by atoms with E-state index in [4.69, 9.17) is 9.47 Å². The first-order chi connectivity index (χ1) is 14.7. The topological polar surface area (TPSA) is 55.8 Å². The van der Waals surface area contributed by atoms with E-state index in [2.05, 4.69) is 0 Å². The highest BCUT2D eigenvalue weighted by molar-refractivity contribution is 7.92. The van der Waals surface area contributed by atoms with Gasteiger partial charge in [0.1, 0.15) is 23.1 Å². The minimum absolute atomic E-state index is 0.214. The average molecular weight is 448 g/mol. The number of sulfonamides is 1. The van der Waals surface area contributed by atoms with E-state index >= 15 is 0 Å². The van der Waals surface area contributed by atoms with Gasteiger partial charge in [0.05, 0.1) is 30.8 Å². The maximum absolute atomic E-state index is 14.2. The molecule has 3 rings (SSSR count). The third-order valence-electron chi connectivity index (χ3n) is 5.02. The molecule has 0 aliphatic carbocycles. The molecule has 5 nitrogen and oxygen atoms in total. The molecular formula is C23H23F2NO4S. The summed E-state index contributed by atoms with van der Waals surface area (Å²) in [5.74, 6) is -0.174. The minimum Gasteiger partial charge on any atom is -0.497 e. The van der Waals surface area contributed by atoms with Gasteiger partial charge in [-0.1, -0.05) is 6.07 Å². The maximum Gasteiger partial charge on any atom is 0.264 e. The summed E-state index contributed by atoms with van der Waals surface area (Å²) in [5, 5.41) is 0. The zero-order valence-electron chi connectivity index (χ0n) is 17.6. The highest BCUT2D eigenvalue weighted by Crippen LogP contribution is 2.38. The lowest BCUT2D eigenvalue weighted by Gasteiger charge is -2.32. The molecule has 0 radical (unpaired) electrons. The number of nitrogens with zero attached hydrogens (tertiary/aromatic N) is 1. The Balaban J connectivity index is 2.22. The van der Waals surface area contributed by atoms with Crippen LogP contribution in [0.15, 0.2) is 65.6 Å². The lowest BCUT2D eigenvalue weighted by molar-refractivity contribution is 0.396. The van der Waals surface area contributed by atoms with Crippen LogP contribution < -0.4 is 13.8 Å². The van der Waals surface area contributed by atoms with Gasteiger partial charge in [0.2, 0.25) is 0 Å². The Kier molecular flexibility index (Phi) is 6.50. The zero-order chi connectivity index (χ0) is 22.8. The van der Waals surface area contributed by atoms with Gasteiger partial charge in [0.15, 0.2) is 0 Å². The third-order valence-corrected chi connectivity index (χ3v) is 6.91. The Morgan fingerprint density at radius 1 is 0.903 bits per heavy atom. The predicted octanol–water partition coefficient (Wildman–Crippen LogP) is 5.25. The number of aryl methyl sites for hydroxylation is 1. The number of methoxy groups -OCH3 is 2. The fourth-order valence-electron chi connectivity index (χ4n) is 3.30. The number of hydrogen-bond donors (Lipinski definition) is 0. The Morgan fingerprint density at radius 3 is 2.16 bits per heavy atom. The van der Waals surface area contributed by atoms with Crippen LogP contribution in [0, 0.1) is 18.6 Å². The van der Waals surface area contributed by atoms with Crippen LogP contribution in [0.3, 0.4) is 0 Å². The molecule has 0 heterocycles. The van der Waals surface area contributed by atoms with Gasteiger partial charge >= 0.3 is 0 Å². The fourth-order valence-corrected chi connectivity index (χ4v) is 4.95. The van der Waals surface area contributed by atoms with Gasteiger partial charge in [-0.05, 0) is 74.0 Å². The summed E-state index contributed by atoms with van der Waals surface area (Å²) < 4.78 is 66.9. The molecule has 0 spiro atoms. The van der Waals surface area contributed by atoms with Crippen LogP contribution in [0.25, 0.3) is 0 Å². The van der Waals surface area contributed by atoms with E-state index in [9.17, 15) is 17.2 Å². The molecule has 164 valence electrons. The monoisotopic (exact) mass is 447 g/mol. The number of ether oxygens (including phenoxy) is 2. The van der Waals surface area contributed by atoms with Gasteiger partial charge in [-0.25, -0.2) is 17.2 Å². The van der Waals surface area contributed by atoms with Crippen molar-refractivity contribution < 1.29 is 26.7 Å². The van der Waals surface area contributed by atoms with E-state index in [0.29, 0.717) is 22.6 Å². The molecular weight excluding hydrogens is 424 g/mol. The predicted molar refractivity (Wildman–Crippen MR) is 115 cm³/mol. The third kappa shape index (κ3) is 4.49. The molecule has 0 saturated carbocycles. The van der Waals surface area contributed by atoms with Crippen molar-refractivity contribution in [1.29, 1.82) is 0 Å².